The van der Waals surface area contributed by atoms with Crippen molar-refractivity contribution in [3.05, 3.63) is 33.1 Å². The summed E-state index contributed by atoms with van der Waals surface area (Å²) in [5.74, 6) is -1.92. The van der Waals surface area contributed by atoms with Gasteiger partial charge in [0.25, 0.3) is 5.91 Å². The van der Waals surface area contributed by atoms with Crippen molar-refractivity contribution in [2.45, 2.75) is 18.9 Å². The summed E-state index contributed by atoms with van der Waals surface area (Å²) in [7, 11) is 0. The zero-order valence-corrected chi connectivity index (χ0v) is 11.6. The molecule has 0 aromatic heterocycles. The smallest absolute Gasteiger partial charge is 0.326 e. The number of aliphatic carboxylic acids is 1. The average molecular weight is 363 g/mol. The van der Waals surface area contributed by atoms with E-state index in [0.29, 0.717) is 23.0 Å². The second kappa shape index (κ2) is 5.21. The lowest BCUT2D eigenvalue weighted by atomic mass is 10.1. The van der Waals surface area contributed by atoms with Gasteiger partial charge < -0.3 is 10.0 Å². The van der Waals surface area contributed by atoms with Crippen molar-refractivity contribution in [3.8, 4) is 0 Å². The summed E-state index contributed by atoms with van der Waals surface area (Å²) in [6, 6.07) is 3.14. The molecule has 1 aromatic rings. The van der Waals surface area contributed by atoms with Crippen molar-refractivity contribution in [1.82, 2.24) is 4.90 Å². The topological polar surface area (TPSA) is 57.6 Å². The number of carbonyl (C=O) groups is 2. The Morgan fingerprint density at radius 1 is 1.44 bits per heavy atom. The fourth-order valence-electron chi connectivity index (χ4n) is 2.08. The number of amides is 1. The van der Waals surface area contributed by atoms with E-state index in [2.05, 4.69) is 0 Å². The highest BCUT2D eigenvalue weighted by Crippen LogP contribution is 2.23. The molecule has 1 atom stereocenters. The monoisotopic (exact) mass is 363 g/mol. The van der Waals surface area contributed by atoms with Crippen molar-refractivity contribution >= 4 is 34.5 Å². The first kappa shape index (κ1) is 13.3. The SMILES string of the molecule is O=C(O)[C@H]1CCCN1C(=O)c1cc(F)ccc1I. The van der Waals surface area contributed by atoms with Gasteiger partial charge in [0, 0.05) is 10.1 Å². The van der Waals surface area contributed by atoms with Gasteiger partial charge in [-0.3, -0.25) is 4.79 Å². The lowest BCUT2D eigenvalue weighted by Crippen LogP contribution is -2.40. The minimum absolute atomic E-state index is 0.226. The highest BCUT2D eigenvalue weighted by Gasteiger charge is 2.35. The molecule has 1 saturated heterocycles. The van der Waals surface area contributed by atoms with Crippen LogP contribution in [0.5, 0.6) is 0 Å². The number of likely N-dealkylation sites (tertiary alicyclic amines) is 1. The van der Waals surface area contributed by atoms with Crippen molar-refractivity contribution in [2.24, 2.45) is 0 Å². The maximum atomic E-state index is 13.2. The van der Waals surface area contributed by atoms with Gasteiger partial charge in [0.2, 0.25) is 0 Å². The molecule has 1 heterocycles. The Bertz CT molecular complexity index is 506. The molecule has 1 aromatic carbocycles. The fourth-order valence-corrected chi connectivity index (χ4v) is 2.65. The number of hydrogen-bond donors (Lipinski definition) is 1. The highest BCUT2D eigenvalue weighted by molar-refractivity contribution is 14.1. The second-order valence-corrected chi connectivity index (χ2v) is 5.28. The lowest BCUT2D eigenvalue weighted by molar-refractivity contribution is -0.141. The molecule has 1 fully saturated rings. The number of halogens is 2. The van der Waals surface area contributed by atoms with Crippen LogP contribution in [0.4, 0.5) is 4.39 Å². The lowest BCUT2D eigenvalue weighted by Gasteiger charge is -2.22. The van der Waals surface area contributed by atoms with Gasteiger partial charge >= 0.3 is 5.97 Å². The molecular weight excluding hydrogens is 352 g/mol. The van der Waals surface area contributed by atoms with Gasteiger partial charge in [-0.2, -0.15) is 0 Å². The molecule has 96 valence electrons. The molecule has 1 amide bonds. The van der Waals surface area contributed by atoms with E-state index in [1.165, 1.54) is 17.0 Å². The molecule has 0 bridgehead atoms. The quantitative estimate of drug-likeness (QED) is 0.819. The van der Waals surface area contributed by atoms with E-state index in [9.17, 15) is 14.0 Å². The zero-order chi connectivity index (χ0) is 13.3. The average Bonchev–Trinajstić information content (AvgIpc) is 2.80. The molecule has 4 nitrogen and oxygen atoms in total. The third kappa shape index (κ3) is 2.47. The van der Waals surface area contributed by atoms with Gasteiger partial charge in [-0.15, -0.1) is 0 Å². The molecule has 18 heavy (non-hydrogen) atoms. The summed E-state index contributed by atoms with van der Waals surface area (Å²) in [6.45, 7) is 0.405. The standard InChI is InChI=1S/C12H11FINO3/c13-7-3-4-9(14)8(6-7)11(16)15-5-1-2-10(15)12(17)18/h3-4,6,10H,1-2,5H2,(H,17,18)/t10-/m1/s1. The maximum Gasteiger partial charge on any atom is 0.326 e. The van der Waals surface area contributed by atoms with Gasteiger partial charge in [0.15, 0.2) is 0 Å². The summed E-state index contributed by atoms with van der Waals surface area (Å²) in [6.07, 6.45) is 1.11. The number of carboxylic acid groups (broad SMARTS) is 1. The van der Waals surface area contributed by atoms with Crippen LogP contribution in [0.15, 0.2) is 18.2 Å². The first-order valence-electron chi connectivity index (χ1n) is 5.49. The Morgan fingerprint density at radius 3 is 2.83 bits per heavy atom. The number of nitrogens with zero attached hydrogens (tertiary/aromatic N) is 1. The zero-order valence-electron chi connectivity index (χ0n) is 9.40. The van der Waals surface area contributed by atoms with Gasteiger partial charge in [-0.05, 0) is 53.6 Å². The number of rotatable bonds is 2. The number of hydrogen-bond acceptors (Lipinski definition) is 2. The summed E-state index contributed by atoms with van der Waals surface area (Å²) in [5.41, 5.74) is 0.226. The molecule has 0 radical (unpaired) electrons. The molecule has 6 heteroatoms. The minimum Gasteiger partial charge on any atom is -0.480 e. The Labute approximate surface area is 117 Å². The van der Waals surface area contributed by atoms with Gasteiger partial charge in [0.1, 0.15) is 11.9 Å². The maximum absolute atomic E-state index is 13.2. The van der Waals surface area contributed by atoms with Crippen LogP contribution in [0.25, 0.3) is 0 Å². The van der Waals surface area contributed by atoms with E-state index in [0.717, 1.165) is 6.07 Å². The van der Waals surface area contributed by atoms with Crippen molar-refractivity contribution in [2.75, 3.05) is 6.54 Å². The molecule has 0 saturated carbocycles. The van der Waals surface area contributed by atoms with Crippen LogP contribution >= 0.6 is 22.6 Å². The van der Waals surface area contributed by atoms with Crippen molar-refractivity contribution in [1.29, 1.82) is 0 Å². The molecule has 0 unspecified atom stereocenters. The molecule has 0 aliphatic carbocycles. The fraction of sp³-hybridized carbons (Fsp3) is 0.333. The highest BCUT2D eigenvalue weighted by atomic mass is 127. The molecular formula is C12H11FINO3. The summed E-state index contributed by atoms with van der Waals surface area (Å²) in [4.78, 5) is 24.6. The van der Waals surface area contributed by atoms with Crippen molar-refractivity contribution in [3.63, 3.8) is 0 Å². The van der Waals surface area contributed by atoms with E-state index in [4.69, 9.17) is 5.11 Å². The van der Waals surface area contributed by atoms with E-state index in [1.807, 2.05) is 22.6 Å². The molecule has 2 rings (SSSR count). The normalized spacial score (nSPS) is 19.0. The first-order chi connectivity index (χ1) is 8.50. The van der Waals surface area contributed by atoms with Gasteiger partial charge in [-0.1, -0.05) is 0 Å². The summed E-state index contributed by atoms with van der Waals surface area (Å²) < 4.78 is 13.8. The van der Waals surface area contributed by atoms with E-state index >= 15 is 0 Å². The predicted octanol–water partition coefficient (Wildman–Crippen LogP) is 2.12. The Morgan fingerprint density at radius 2 is 2.17 bits per heavy atom. The Balaban J connectivity index is 2.31. The van der Waals surface area contributed by atoms with E-state index in [-0.39, 0.29) is 5.56 Å². The number of carboxylic acids is 1. The number of carbonyl (C=O) groups excluding carboxylic acids is 1. The Hall–Kier alpha value is -1.18. The van der Waals surface area contributed by atoms with Crippen LogP contribution < -0.4 is 0 Å². The Kier molecular flexibility index (Phi) is 3.84. The van der Waals surface area contributed by atoms with Crippen LogP contribution in [-0.4, -0.2) is 34.5 Å². The first-order valence-corrected chi connectivity index (χ1v) is 6.57. The molecule has 0 spiro atoms. The van der Waals surface area contributed by atoms with Crippen molar-refractivity contribution < 1.29 is 19.1 Å². The van der Waals surface area contributed by atoms with Crippen LogP contribution in [0.1, 0.15) is 23.2 Å². The summed E-state index contributed by atoms with van der Waals surface area (Å²) in [5, 5.41) is 9.03. The minimum atomic E-state index is -1.01. The van der Waals surface area contributed by atoms with E-state index < -0.39 is 23.7 Å². The van der Waals surface area contributed by atoms with Crippen LogP contribution in [0, 0.1) is 9.39 Å². The summed E-state index contributed by atoms with van der Waals surface area (Å²) >= 11 is 1.94. The van der Waals surface area contributed by atoms with Crippen LogP contribution in [-0.2, 0) is 4.79 Å². The second-order valence-electron chi connectivity index (χ2n) is 4.12. The van der Waals surface area contributed by atoms with Crippen LogP contribution in [0.2, 0.25) is 0 Å². The predicted molar refractivity (Wildman–Crippen MR) is 70.8 cm³/mol. The third-order valence-electron chi connectivity index (χ3n) is 2.96. The number of benzene rings is 1. The van der Waals surface area contributed by atoms with Crippen LogP contribution in [0.3, 0.4) is 0 Å². The van der Waals surface area contributed by atoms with Gasteiger partial charge in [0.05, 0.1) is 5.56 Å². The molecule has 1 N–H and O–H groups in total. The third-order valence-corrected chi connectivity index (χ3v) is 3.90. The van der Waals surface area contributed by atoms with E-state index in [1.54, 1.807) is 0 Å². The largest absolute Gasteiger partial charge is 0.480 e. The van der Waals surface area contributed by atoms with Gasteiger partial charge in [-0.25, -0.2) is 9.18 Å². The molecule has 1 aliphatic heterocycles. The molecule has 1 aliphatic rings.